The highest BCUT2D eigenvalue weighted by molar-refractivity contribution is 7.15. The molecule has 0 saturated heterocycles. The van der Waals surface area contributed by atoms with Crippen LogP contribution in [0.15, 0.2) is 12.1 Å². The van der Waals surface area contributed by atoms with Gasteiger partial charge < -0.3 is 10.5 Å². The van der Waals surface area contributed by atoms with Crippen molar-refractivity contribution >= 4 is 28.6 Å². The lowest BCUT2D eigenvalue weighted by Gasteiger charge is -2.10. The number of nitrogen functional groups attached to an aromatic ring is 1. The van der Waals surface area contributed by atoms with Crippen LogP contribution in [0.4, 0.5) is 5.69 Å². The molecule has 1 aromatic heterocycles. The Hall–Kier alpha value is -1.29. The molecular formula is C12H15NO2S. The lowest BCUT2D eigenvalue weighted by molar-refractivity contribution is 0.0607. The maximum atomic E-state index is 11.4. The van der Waals surface area contributed by atoms with Gasteiger partial charge in [-0.25, -0.2) is 4.79 Å². The van der Waals surface area contributed by atoms with Crippen LogP contribution in [0.3, 0.4) is 0 Å². The molecule has 0 spiro atoms. The van der Waals surface area contributed by atoms with E-state index < -0.39 is 0 Å². The van der Waals surface area contributed by atoms with Gasteiger partial charge in [0.25, 0.3) is 0 Å². The molecule has 1 heterocycles. The molecular weight excluding hydrogens is 222 g/mol. The second-order valence-electron chi connectivity index (χ2n) is 3.86. The van der Waals surface area contributed by atoms with Crippen molar-refractivity contribution in [2.75, 3.05) is 12.8 Å². The van der Waals surface area contributed by atoms with E-state index in [2.05, 4.69) is 10.8 Å². The van der Waals surface area contributed by atoms with Crippen molar-refractivity contribution in [2.45, 2.75) is 25.7 Å². The van der Waals surface area contributed by atoms with E-state index in [1.165, 1.54) is 36.9 Å². The van der Waals surface area contributed by atoms with E-state index in [-0.39, 0.29) is 5.97 Å². The summed E-state index contributed by atoms with van der Waals surface area (Å²) in [6.07, 6.45) is 6.93. The van der Waals surface area contributed by atoms with Crippen LogP contribution in [0.5, 0.6) is 0 Å². The first kappa shape index (κ1) is 11.2. The van der Waals surface area contributed by atoms with E-state index in [0.29, 0.717) is 10.6 Å². The number of methoxy groups -OCH3 is 1. The Kier molecular flexibility index (Phi) is 3.29. The number of ether oxygens (including phenoxy) is 1. The molecule has 0 unspecified atom stereocenters. The zero-order valence-corrected chi connectivity index (χ0v) is 10.1. The van der Waals surface area contributed by atoms with Gasteiger partial charge in [-0.15, -0.1) is 11.3 Å². The van der Waals surface area contributed by atoms with Crippen molar-refractivity contribution in [2.24, 2.45) is 0 Å². The Labute approximate surface area is 98.9 Å². The molecule has 3 nitrogen and oxygen atoms in total. The minimum atomic E-state index is -0.342. The van der Waals surface area contributed by atoms with Crippen LogP contribution in [0.1, 0.15) is 40.2 Å². The van der Waals surface area contributed by atoms with Crippen molar-refractivity contribution in [1.82, 2.24) is 0 Å². The fourth-order valence-corrected chi connectivity index (χ4v) is 2.94. The molecule has 0 aliphatic heterocycles. The summed E-state index contributed by atoms with van der Waals surface area (Å²) in [5, 5.41) is 0. The van der Waals surface area contributed by atoms with Crippen LogP contribution in [-0.2, 0) is 4.74 Å². The van der Waals surface area contributed by atoms with Crippen molar-refractivity contribution in [1.29, 1.82) is 0 Å². The van der Waals surface area contributed by atoms with Gasteiger partial charge in [-0.2, -0.15) is 0 Å². The summed E-state index contributed by atoms with van der Waals surface area (Å²) in [4.78, 5) is 13.0. The number of thiophene rings is 1. The van der Waals surface area contributed by atoms with Crippen molar-refractivity contribution in [3.8, 4) is 0 Å². The lowest BCUT2D eigenvalue weighted by Crippen LogP contribution is -2.00. The van der Waals surface area contributed by atoms with Crippen molar-refractivity contribution < 1.29 is 9.53 Å². The normalized spacial score (nSPS) is 15.7. The maximum absolute atomic E-state index is 11.4. The number of nitrogens with two attached hydrogens (primary N) is 1. The number of allylic oxidation sites excluding steroid dienone is 2. The van der Waals surface area contributed by atoms with Gasteiger partial charge in [0, 0.05) is 4.88 Å². The predicted octanol–water partition coefficient (Wildman–Crippen LogP) is 3.07. The molecule has 0 amide bonds. The number of hydrogen-bond donors (Lipinski definition) is 1. The Balaban J connectivity index is 2.30. The highest BCUT2D eigenvalue weighted by Crippen LogP contribution is 2.35. The van der Waals surface area contributed by atoms with Crippen molar-refractivity contribution in [3.63, 3.8) is 0 Å². The zero-order valence-electron chi connectivity index (χ0n) is 9.29. The van der Waals surface area contributed by atoms with E-state index in [1.54, 1.807) is 0 Å². The fraction of sp³-hybridized carbons (Fsp3) is 0.417. The van der Waals surface area contributed by atoms with Gasteiger partial charge in [-0.05, 0) is 37.3 Å². The van der Waals surface area contributed by atoms with E-state index in [9.17, 15) is 4.79 Å². The standard InChI is InChI=1S/C12H15NO2S/c1-15-12(14)11-9(13)7-10(16-11)8-5-3-2-4-6-8/h5,7H,2-4,6,13H2,1H3. The van der Waals surface area contributed by atoms with Crippen LogP contribution in [0.2, 0.25) is 0 Å². The summed E-state index contributed by atoms with van der Waals surface area (Å²) < 4.78 is 4.69. The quantitative estimate of drug-likeness (QED) is 0.804. The molecule has 4 heteroatoms. The minimum absolute atomic E-state index is 0.342. The summed E-state index contributed by atoms with van der Waals surface area (Å²) in [5.41, 5.74) is 7.65. The molecule has 1 aliphatic carbocycles. The van der Waals surface area contributed by atoms with Gasteiger partial charge >= 0.3 is 5.97 Å². The summed E-state index contributed by atoms with van der Waals surface area (Å²) in [7, 11) is 1.38. The minimum Gasteiger partial charge on any atom is -0.465 e. The van der Waals surface area contributed by atoms with E-state index in [4.69, 9.17) is 5.73 Å². The first-order chi connectivity index (χ1) is 7.72. The first-order valence-electron chi connectivity index (χ1n) is 5.39. The third kappa shape index (κ3) is 2.11. The summed E-state index contributed by atoms with van der Waals surface area (Å²) in [6.45, 7) is 0. The number of carbonyl (C=O) groups excluding carboxylic acids is 1. The molecule has 0 saturated carbocycles. The highest BCUT2D eigenvalue weighted by Gasteiger charge is 2.17. The number of carbonyl (C=O) groups is 1. The van der Waals surface area contributed by atoms with Gasteiger partial charge in [0.2, 0.25) is 0 Å². The Morgan fingerprint density at radius 3 is 2.94 bits per heavy atom. The molecule has 0 radical (unpaired) electrons. The number of esters is 1. The number of rotatable bonds is 2. The largest absolute Gasteiger partial charge is 0.465 e. The molecule has 86 valence electrons. The molecule has 16 heavy (non-hydrogen) atoms. The Morgan fingerprint density at radius 1 is 1.50 bits per heavy atom. The highest BCUT2D eigenvalue weighted by atomic mass is 32.1. The topological polar surface area (TPSA) is 52.3 Å². The molecule has 0 fully saturated rings. The monoisotopic (exact) mass is 237 g/mol. The Bertz CT molecular complexity index is 434. The summed E-state index contributed by atoms with van der Waals surface area (Å²) in [5.74, 6) is -0.342. The van der Waals surface area contributed by atoms with E-state index in [1.807, 2.05) is 6.07 Å². The lowest BCUT2D eigenvalue weighted by atomic mass is 9.98. The Morgan fingerprint density at radius 2 is 2.31 bits per heavy atom. The average Bonchev–Trinajstić information content (AvgIpc) is 2.71. The molecule has 0 atom stereocenters. The predicted molar refractivity (Wildman–Crippen MR) is 66.5 cm³/mol. The van der Waals surface area contributed by atoms with Crippen LogP contribution in [0, 0.1) is 0 Å². The average molecular weight is 237 g/mol. The van der Waals surface area contributed by atoms with E-state index >= 15 is 0 Å². The molecule has 2 N–H and O–H groups in total. The van der Waals surface area contributed by atoms with E-state index in [0.717, 1.165) is 17.7 Å². The number of anilines is 1. The molecule has 1 aromatic rings. The summed E-state index contributed by atoms with van der Waals surface area (Å²) >= 11 is 1.43. The van der Waals surface area contributed by atoms with Crippen LogP contribution in [0.25, 0.3) is 5.57 Å². The molecule has 2 rings (SSSR count). The fourth-order valence-electron chi connectivity index (χ4n) is 1.88. The van der Waals surface area contributed by atoms with Crippen LogP contribution in [-0.4, -0.2) is 13.1 Å². The first-order valence-corrected chi connectivity index (χ1v) is 6.21. The molecule has 0 aromatic carbocycles. The van der Waals surface area contributed by atoms with Gasteiger partial charge in [-0.3, -0.25) is 0 Å². The van der Waals surface area contributed by atoms with Crippen LogP contribution < -0.4 is 5.73 Å². The smallest absolute Gasteiger partial charge is 0.350 e. The number of hydrogen-bond acceptors (Lipinski definition) is 4. The third-order valence-corrected chi connectivity index (χ3v) is 3.95. The SMILES string of the molecule is COC(=O)c1sc(C2=CCCCC2)cc1N. The van der Waals surface area contributed by atoms with Crippen LogP contribution >= 0.6 is 11.3 Å². The maximum Gasteiger partial charge on any atom is 0.350 e. The van der Waals surface area contributed by atoms with Gasteiger partial charge in [-0.1, -0.05) is 6.08 Å². The van der Waals surface area contributed by atoms with Crippen molar-refractivity contribution in [3.05, 3.63) is 21.9 Å². The second kappa shape index (κ2) is 4.70. The van der Waals surface area contributed by atoms with Gasteiger partial charge in [0.15, 0.2) is 0 Å². The molecule has 0 bridgehead atoms. The van der Waals surface area contributed by atoms with Gasteiger partial charge in [0.1, 0.15) is 4.88 Å². The second-order valence-corrected chi connectivity index (χ2v) is 4.91. The third-order valence-electron chi connectivity index (χ3n) is 2.74. The summed E-state index contributed by atoms with van der Waals surface area (Å²) in [6, 6.07) is 1.88. The van der Waals surface area contributed by atoms with Gasteiger partial charge in [0.05, 0.1) is 12.8 Å². The molecule has 1 aliphatic rings. The zero-order chi connectivity index (χ0) is 11.5.